The van der Waals surface area contributed by atoms with Gasteiger partial charge in [0, 0.05) is 69.0 Å². The van der Waals surface area contributed by atoms with Gasteiger partial charge in [-0.2, -0.15) is 30.6 Å². The van der Waals surface area contributed by atoms with Gasteiger partial charge in [0.15, 0.2) is 17.3 Å². The number of carboxylic acid groups (broad SMARTS) is 1. The minimum absolute atomic E-state index is 0.174. The minimum Gasteiger partial charge on any atom is -0.483 e. The number of furan rings is 3. The van der Waals surface area contributed by atoms with Gasteiger partial charge in [0.2, 0.25) is 0 Å². The van der Waals surface area contributed by atoms with E-state index in [0.29, 0.717) is 80.7 Å². The molecule has 516 valence electrons. The molecule has 0 aliphatic heterocycles. The molecule has 0 atom stereocenters. The Kier molecular flexibility index (Phi) is 22.6. The van der Waals surface area contributed by atoms with Crippen LogP contribution >= 0.6 is 0 Å². The average Bonchev–Trinajstić information content (AvgIpc) is 1.67. The number of amides is 3. The van der Waals surface area contributed by atoms with Gasteiger partial charge in [-0.05, 0) is 164 Å². The molecule has 0 saturated heterocycles. The van der Waals surface area contributed by atoms with E-state index in [0.717, 1.165) is 107 Å². The molecule has 0 radical (unpaired) electrons. The SMILES string of the molecule is CCOC1CCC(n2cc(NC(=O)c3ccc(-c4cn[nH]c4)o3)c(-c3ccccn3)n2)CC1.CCOC1CCC(n2cc(NC(=O)c3ccc(-c4cn[nH]c4)o3)c(-c3ccccn3)n2)CC1.O=C(Nc1cn(C2CCC(O)CC2)nc1-c1ccccn1)c1ccc(-c2cn[nH]c2)o1.O=CO. The average molecular weight is 1360 g/mol. The number of carbonyl (C=O) groups excluding carboxylic acids is 3. The first kappa shape index (κ1) is 68.3. The van der Waals surface area contributed by atoms with Gasteiger partial charge in [0.05, 0.1) is 106 Å². The Balaban J connectivity index is 0.000000139. The normalized spacial score (nSPS) is 18.0. The molecule has 3 fully saturated rings. The van der Waals surface area contributed by atoms with Gasteiger partial charge in [0.25, 0.3) is 24.2 Å². The third-order valence-electron chi connectivity index (χ3n) is 17.4. The fourth-order valence-corrected chi connectivity index (χ4v) is 12.4. The van der Waals surface area contributed by atoms with Crippen molar-refractivity contribution in [2.75, 3.05) is 29.2 Å². The summed E-state index contributed by atoms with van der Waals surface area (Å²) < 4.78 is 34.5. The molecule has 0 aromatic carbocycles. The lowest BCUT2D eigenvalue weighted by molar-refractivity contribution is -0.122. The highest BCUT2D eigenvalue weighted by Gasteiger charge is 2.30. The van der Waals surface area contributed by atoms with Crippen LogP contribution < -0.4 is 16.0 Å². The highest BCUT2D eigenvalue weighted by atomic mass is 16.5. The molecule has 0 spiro atoms. The number of carbonyl (C=O) groups is 4. The molecule has 100 heavy (non-hydrogen) atoms. The molecule has 3 saturated carbocycles. The van der Waals surface area contributed by atoms with Crippen LogP contribution in [-0.4, -0.2) is 141 Å². The number of nitrogens with one attached hydrogen (secondary N) is 6. The van der Waals surface area contributed by atoms with Gasteiger partial charge in [-0.15, -0.1) is 0 Å². The van der Waals surface area contributed by atoms with Crippen LogP contribution in [0.25, 0.3) is 68.1 Å². The molecule has 15 rings (SSSR count). The fraction of sp³-hybridized carbons (Fsp3) is 0.310. The number of aliphatic hydroxyl groups excluding tert-OH is 1. The van der Waals surface area contributed by atoms with Crippen LogP contribution in [0.4, 0.5) is 17.1 Å². The topological polar surface area (TPSA) is 381 Å². The second-order valence-corrected chi connectivity index (χ2v) is 23.9. The first-order valence-corrected chi connectivity index (χ1v) is 33.2. The number of pyridine rings is 3. The number of aromatic amines is 3. The van der Waals surface area contributed by atoms with Crippen LogP contribution in [0.2, 0.25) is 0 Å². The summed E-state index contributed by atoms with van der Waals surface area (Å²) in [6.45, 7) is 5.30. The highest BCUT2D eigenvalue weighted by molar-refractivity contribution is 6.06. The first-order valence-electron chi connectivity index (χ1n) is 33.2. The second-order valence-electron chi connectivity index (χ2n) is 23.9. The number of aromatic nitrogens is 15. The number of ether oxygens (including phenoxy) is 2. The maximum Gasteiger partial charge on any atom is 0.291 e. The number of nitrogens with zero attached hydrogens (tertiary/aromatic N) is 12. The van der Waals surface area contributed by atoms with E-state index in [1.54, 1.807) is 92.2 Å². The molecule has 0 unspecified atom stereocenters. The minimum atomic E-state index is -0.370. The van der Waals surface area contributed by atoms with E-state index in [-0.39, 0.29) is 65.7 Å². The molecule has 12 aromatic rings. The zero-order valence-electron chi connectivity index (χ0n) is 55.0. The van der Waals surface area contributed by atoms with Crippen LogP contribution in [0.5, 0.6) is 0 Å². The van der Waals surface area contributed by atoms with Crippen LogP contribution in [0.15, 0.2) is 179 Å². The summed E-state index contributed by atoms with van der Waals surface area (Å²) in [7, 11) is 0. The maximum atomic E-state index is 13.0. The number of hydrogen-bond donors (Lipinski definition) is 8. The van der Waals surface area contributed by atoms with Crippen molar-refractivity contribution in [2.45, 2.75) is 127 Å². The third-order valence-corrected chi connectivity index (χ3v) is 17.4. The molecule has 29 nitrogen and oxygen atoms in total. The molecule has 3 aliphatic rings. The Hall–Kier alpha value is -11.7. The van der Waals surface area contributed by atoms with Gasteiger partial charge < -0.3 is 48.9 Å². The molecule has 12 aromatic heterocycles. The van der Waals surface area contributed by atoms with Crippen molar-refractivity contribution >= 4 is 41.3 Å². The lowest BCUT2D eigenvalue weighted by Gasteiger charge is -2.28. The molecular formula is C71H76N18O11. The standard InChI is InChI=1S/2C24H26N6O3.C22H22N6O3.CH2O2/c2*1-2-32-18-8-6-17(7-9-18)30-15-20(23(29-30)19-5-3-4-12-25-19)28-24(31)22-11-10-21(33-22)16-13-26-27-14-16;29-16-6-4-15(5-7-16)28-13-18(21(27-28)17-3-1-2-10-23-17)26-22(30)20-9-8-19(31-20)14-11-24-25-12-14;2-1-3/h2*3-5,10-15,17-18H,2,6-9H2,1H3,(H,26,27)(H,28,31);1-3,8-13,15-16,29H,4-7H2,(H,24,25)(H,26,30);1H,(H,2,3). The van der Waals surface area contributed by atoms with Crippen molar-refractivity contribution in [2.24, 2.45) is 0 Å². The Morgan fingerprint density at radius 1 is 0.480 bits per heavy atom. The van der Waals surface area contributed by atoms with Crippen molar-refractivity contribution in [1.29, 1.82) is 0 Å². The fourth-order valence-electron chi connectivity index (χ4n) is 12.4. The molecule has 8 N–H and O–H groups in total. The van der Waals surface area contributed by atoms with E-state index < -0.39 is 0 Å². The van der Waals surface area contributed by atoms with E-state index in [1.807, 2.05) is 101 Å². The third kappa shape index (κ3) is 17.0. The van der Waals surface area contributed by atoms with Gasteiger partial charge in [-0.25, -0.2) is 0 Å². The van der Waals surface area contributed by atoms with E-state index in [4.69, 9.17) is 47.9 Å². The number of aliphatic hydroxyl groups is 1. The lowest BCUT2D eigenvalue weighted by atomic mass is 9.93. The summed E-state index contributed by atoms with van der Waals surface area (Å²) in [6, 6.07) is 27.7. The number of hydrogen-bond acceptors (Lipinski definition) is 19. The molecule has 12 heterocycles. The summed E-state index contributed by atoms with van der Waals surface area (Å²) in [5, 5.41) is 59.9. The van der Waals surface area contributed by atoms with E-state index in [9.17, 15) is 19.5 Å². The summed E-state index contributed by atoms with van der Waals surface area (Å²) in [5.41, 5.74) is 8.04. The molecule has 3 aliphatic carbocycles. The quantitative estimate of drug-likeness (QED) is 0.0349. The van der Waals surface area contributed by atoms with Crippen LogP contribution in [0.1, 0.15) is 141 Å². The maximum absolute atomic E-state index is 13.0. The number of anilines is 3. The van der Waals surface area contributed by atoms with Crippen molar-refractivity contribution < 1.29 is 52.1 Å². The second kappa shape index (κ2) is 33.0. The largest absolute Gasteiger partial charge is 0.483 e. The van der Waals surface area contributed by atoms with Crippen LogP contribution in [-0.2, 0) is 14.3 Å². The summed E-state index contributed by atoms with van der Waals surface area (Å²) in [6.07, 6.45) is 32.3. The first-order chi connectivity index (χ1) is 49.0. The van der Waals surface area contributed by atoms with Crippen molar-refractivity contribution in [3.63, 3.8) is 0 Å². The summed E-state index contributed by atoms with van der Waals surface area (Å²) in [4.78, 5) is 60.5. The monoisotopic (exact) mass is 1360 g/mol. The Labute approximate surface area is 573 Å². The van der Waals surface area contributed by atoms with E-state index in [1.165, 1.54) is 0 Å². The van der Waals surface area contributed by atoms with Gasteiger partial charge in [-0.3, -0.25) is 63.5 Å². The van der Waals surface area contributed by atoms with Crippen LogP contribution in [0.3, 0.4) is 0 Å². The molecule has 3 amide bonds. The Morgan fingerprint density at radius 2 is 0.790 bits per heavy atom. The predicted octanol–water partition coefficient (Wildman–Crippen LogP) is 12.8. The summed E-state index contributed by atoms with van der Waals surface area (Å²) >= 11 is 0. The van der Waals surface area contributed by atoms with Gasteiger partial charge in [-0.1, -0.05) is 18.2 Å². The van der Waals surface area contributed by atoms with Crippen LogP contribution in [0, 0.1) is 0 Å². The smallest absolute Gasteiger partial charge is 0.291 e. The summed E-state index contributed by atoms with van der Waals surface area (Å²) in [5.74, 6) is 1.25. The van der Waals surface area contributed by atoms with Crippen molar-refractivity contribution in [3.8, 4) is 68.1 Å². The number of H-pyrrole nitrogens is 3. The van der Waals surface area contributed by atoms with E-state index >= 15 is 0 Å². The zero-order chi connectivity index (χ0) is 69.2. The highest BCUT2D eigenvalue weighted by Crippen LogP contribution is 2.38. The predicted molar refractivity (Wildman–Crippen MR) is 367 cm³/mol. The zero-order valence-corrected chi connectivity index (χ0v) is 55.0. The van der Waals surface area contributed by atoms with Crippen molar-refractivity contribution in [1.82, 2.24) is 74.9 Å². The van der Waals surface area contributed by atoms with Gasteiger partial charge >= 0.3 is 0 Å². The molecular weight excluding hydrogens is 1280 g/mol. The van der Waals surface area contributed by atoms with Gasteiger partial charge in [0.1, 0.15) is 34.4 Å². The molecule has 0 bridgehead atoms. The number of rotatable bonds is 19. The van der Waals surface area contributed by atoms with Crippen molar-refractivity contribution in [3.05, 3.63) is 183 Å². The molecule has 29 heteroatoms. The Bertz CT molecular complexity index is 4310. The van der Waals surface area contributed by atoms with E-state index in [2.05, 4.69) is 61.5 Å². The lowest BCUT2D eigenvalue weighted by Crippen LogP contribution is -2.24. The Morgan fingerprint density at radius 3 is 1.06 bits per heavy atom.